The third-order valence-electron chi connectivity index (χ3n) is 5.29. The van der Waals surface area contributed by atoms with Crippen molar-refractivity contribution in [3.05, 3.63) is 48.4 Å². The molecule has 1 atom stereocenters. The minimum atomic E-state index is -0.104. The fourth-order valence-electron chi connectivity index (χ4n) is 3.82. The third-order valence-corrected chi connectivity index (χ3v) is 5.29. The first-order valence-electron chi connectivity index (χ1n) is 11.5. The second kappa shape index (κ2) is 12.8. The molecule has 2 heterocycles. The van der Waals surface area contributed by atoms with Crippen molar-refractivity contribution in [2.45, 2.75) is 39.2 Å². The van der Waals surface area contributed by atoms with Crippen LogP contribution in [0.5, 0.6) is 5.75 Å². The van der Waals surface area contributed by atoms with E-state index in [1.54, 1.807) is 6.26 Å². The standard InChI is InChI=1S/C24H35N5O3/c1-3-25-24(26-12-16-31-21-10-7-9-20(17-21)28-19(2)30)27-18-22(23-11-8-15-32-23)29-13-5-4-6-14-29/h7-11,15,17,22H,3-6,12-14,16,18H2,1-2H3,(H,28,30)(H2,25,26,27). The molecule has 1 aromatic carbocycles. The minimum absolute atomic E-state index is 0.104. The SMILES string of the molecule is CCNC(=NCC(c1ccco1)N1CCCCC1)NCCOc1cccc(NC(C)=O)c1. The van der Waals surface area contributed by atoms with Gasteiger partial charge in [-0.15, -0.1) is 0 Å². The molecule has 0 saturated carbocycles. The van der Waals surface area contributed by atoms with E-state index in [4.69, 9.17) is 14.1 Å². The van der Waals surface area contributed by atoms with E-state index in [-0.39, 0.29) is 11.9 Å². The molecule has 3 rings (SSSR count). The van der Waals surface area contributed by atoms with E-state index < -0.39 is 0 Å². The fraction of sp³-hybridized carbons (Fsp3) is 0.500. The Morgan fingerprint density at radius 2 is 2.03 bits per heavy atom. The summed E-state index contributed by atoms with van der Waals surface area (Å²) in [5.74, 6) is 2.33. The molecule has 3 N–H and O–H groups in total. The number of hydrogen-bond donors (Lipinski definition) is 3. The molecule has 2 aromatic rings. The molecule has 0 spiro atoms. The van der Waals surface area contributed by atoms with Crippen LogP contribution in [0.15, 0.2) is 52.1 Å². The van der Waals surface area contributed by atoms with E-state index in [2.05, 4.69) is 27.8 Å². The zero-order valence-corrected chi connectivity index (χ0v) is 19.1. The minimum Gasteiger partial charge on any atom is -0.492 e. The van der Waals surface area contributed by atoms with Crippen molar-refractivity contribution in [1.82, 2.24) is 15.5 Å². The van der Waals surface area contributed by atoms with Crippen LogP contribution in [0.2, 0.25) is 0 Å². The maximum atomic E-state index is 11.2. The summed E-state index contributed by atoms with van der Waals surface area (Å²) < 4.78 is 11.5. The predicted molar refractivity (Wildman–Crippen MR) is 127 cm³/mol. The normalized spacial score (nSPS) is 15.8. The molecule has 0 bridgehead atoms. The van der Waals surface area contributed by atoms with Gasteiger partial charge in [-0.3, -0.25) is 14.7 Å². The number of benzene rings is 1. The van der Waals surface area contributed by atoms with Gasteiger partial charge in [0.1, 0.15) is 18.1 Å². The number of furan rings is 1. The Hall–Kier alpha value is -3.00. The van der Waals surface area contributed by atoms with Gasteiger partial charge in [0.15, 0.2) is 5.96 Å². The van der Waals surface area contributed by atoms with Crippen LogP contribution in [0.3, 0.4) is 0 Å². The number of piperidine rings is 1. The van der Waals surface area contributed by atoms with E-state index >= 15 is 0 Å². The summed E-state index contributed by atoms with van der Waals surface area (Å²) in [5, 5.41) is 9.40. The van der Waals surface area contributed by atoms with Crippen molar-refractivity contribution in [3.8, 4) is 5.75 Å². The van der Waals surface area contributed by atoms with E-state index in [9.17, 15) is 4.79 Å². The second-order valence-electron chi connectivity index (χ2n) is 7.83. The Balaban J connectivity index is 1.53. The highest BCUT2D eigenvalue weighted by atomic mass is 16.5. The third kappa shape index (κ3) is 7.60. The van der Waals surface area contributed by atoms with Crippen LogP contribution in [0.25, 0.3) is 0 Å². The molecule has 1 unspecified atom stereocenters. The molecule has 1 aromatic heterocycles. The maximum absolute atomic E-state index is 11.2. The molecule has 0 aliphatic carbocycles. The second-order valence-corrected chi connectivity index (χ2v) is 7.83. The van der Waals surface area contributed by atoms with Crippen LogP contribution in [-0.4, -0.2) is 56.1 Å². The van der Waals surface area contributed by atoms with E-state index in [1.807, 2.05) is 36.4 Å². The van der Waals surface area contributed by atoms with Crippen LogP contribution in [0.4, 0.5) is 5.69 Å². The van der Waals surface area contributed by atoms with Gasteiger partial charge in [-0.2, -0.15) is 0 Å². The molecule has 1 saturated heterocycles. The van der Waals surface area contributed by atoms with E-state index in [1.165, 1.54) is 26.2 Å². The largest absolute Gasteiger partial charge is 0.492 e. The molecule has 32 heavy (non-hydrogen) atoms. The van der Waals surface area contributed by atoms with E-state index in [0.29, 0.717) is 25.4 Å². The summed E-state index contributed by atoms with van der Waals surface area (Å²) in [4.78, 5) is 18.5. The number of amides is 1. The zero-order chi connectivity index (χ0) is 22.6. The van der Waals surface area contributed by atoms with Crippen LogP contribution < -0.4 is 20.7 Å². The lowest BCUT2D eigenvalue weighted by atomic mass is 10.1. The molecule has 1 aliphatic heterocycles. The van der Waals surface area contributed by atoms with Gasteiger partial charge in [-0.1, -0.05) is 12.5 Å². The number of nitrogens with one attached hydrogen (secondary N) is 3. The van der Waals surface area contributed by atoms with Gasteiger partial charge in [0.05, 0.1) is 25.4 Å². The molecule has 8 nitrogen and oxygen atoms in total. The maximum Gasteiger partial charge on any atom is 0.221 e. The summed E-state index contributed by atoms with van der Waals surface area (Å²) in [6.45, 7) is 8.18. The highest BCUT2D eigenvalue weighted by Crippen LogP contribution is 2.25. The van der Waals surface area contributed by atoms with Crippen molar-refractivity contribution in [2.75, 3.05) is 44.6 Å². The summed E-state index contributed by atoms with van der Waals surface area (Å²) in [6.07, 6.45) is 5.47. The summed E-state index contributed by atoms with van der Waals surface area (Å²) >= 11 is 0. The molecule has 1 aliphatic rings. The van der Waals surface area contributed by atoms with Crippen LogP contribution in [0, 0.1) is 0 Å². The van der Waals surface area contributed by atoms with E-state index in [0.717, 1.165) is 37.0 Å². The lowest BCUT2D eigenvalue weighted by Gasteiger charge is -2.32. The van der Waals surface area contributed by atoms with Gasteiger partial charge in [0.2, 0.25) is 5.91 Å². The lowest BCUT2D eigenvalue weighted by molar-refractivity contribution is -0.114. The van der Waals surface area contributed by atoms with Crippen molar-refractivity contribution in [3.63, 3.8) is 0 Å². The number of carbonyl (C=O) groups is 1. The number of guanidine groups is 1. The average Bonchev–Trinajstić information content (AvgIpc) is 3.32. The van der Waals surface area contributed by atoms with Gasteiger partial charge in [0, 0.05) is 25.2 Å². The monoisotopic (exact) mass is 441 g/mol. The van der Waals surface area contributed by atoms with Crippen molar-refractivity contribution in [2.24, 2.45) is 4.99 Å². The van der Waals surface area contributed by atoms with Gasteiger partial charge >= 0.3 is 0 Å². The zero-order valence-electron chi connectivity index (χ0n) is 19.1. The highest BCUT2D eigenvalue weighted by molar-refractivity contribution is 5.88. The number of carbonyl (C=O) groups excluding carboxylic acids is 1. The van der Waals surface area contributed by atoms with Gasteiger partial charge in [0.25, 0.3) is 0 Å². The summed E-state index contributed by atoms with van der Waals surface area (Å²) in [6, 6.07) is 11.5. The number of rotatable bonds is 10. The van der Waals surface area contributed by atoms with Crippen molar-refractivity contribution < 1.29 is 13.9 Å². The quantitative estimate of drug-likeness (QED) is 0.297. The average molecular weight is 442 g/mol. The van der Waals surface area contributed by atoms with Crippen molar-refractivity contribution in [1.29, 1.82) is 0 Å². The number of hydrogen-bond acceptors (Lipinski definition) is 5. The number of anilines is 1. The van der Waals surface area contributed by atoms with Gasteiger partial charge in [-0.25, -0.2) is 0 Å². The fourth-order valence-corrected chi connectivity index (χ4v) is 3.82. The Morgan fingerprint density at radius 1 is 1.19 bits per heavy atom. The first-order valence-corrected chi connectivity index (χ1v) is 11.5. The Kier molecular flexibility index (Phi) is 9.43. The lowest BCUT2D eigenvalue weighted by Crippen LogP contribution is -2.40. The molecule has 174 valence electrons. The Labute approximate surface area is 190 Å². The number of nitrogens with zero attached hydrogens (tertiary/aromatic N) is 2. The molecule has 1 fully saturated rings. The summed E-state index contributed by atoms with van der Waals surface area (Å²) in [5.41, 5.74) is 0.722. The predicted octanol–water partition coefficient (Wildman–Crippen LogP) is 3.40. The molecule has 8 heteroatoms. The Bertz CT molecular complexity index is 847. The number of ether oxygens (including phenoxy) is 1. The Morgan fingerprint density at radius 3 is 2.75 bits per heavy atom. The van der Waals surface area contributed by atoms with Crippen LogP contribution >= 0.6 is 0 Å². The molecule has 1 amide bonds. The summed E-state index contributed by atoms with van der Waals surface area (Å²) in [7, 11) is 0. The smallest absolute Gasteiger partial charge is 0.221 e. The van der Waals surface area contributed by atoms with Crippen LogP contribution in [-0.2, 0) is 4.79 Å². The molecular formula is C24H35N5O3. The first-order chi connectivity index (χ1) is 15.7. The molecular weight excluding hydrogens is 406 g/mol. The number of aliphatic imine (C=N–C) groups is 1. The molecule has 0 radical (unpaired) electrons. The highest BCUT2D eigenvalue weighted by Gasteiger charge is 2.24. The van der Waals surface area contributed by atoms with Crippen molar-refractivity contribution >= 4 is 17.6 Å². The van der Waals surface area contributed by atoms with Crippen LogP contribution in [0.1, 0.15) is 44.9 Å². The van der Waals surface area contributed by atoms with Gasteiger partial charge in [-0.05, 0) is 57.1 Å². The topological polar surface area (TPSA) is 91.1 Å². The van der Waals surface area contributed by atoms with Gasteiger partial charge < -0.3 is 25.1 Å². The first kappa shape index (κ1) is 23.7. The number of likely N-dealkylation sites (tertiary alicyclic amines) is 1.